The fourth-order valence-electron chi connectivity index (χ4n) is 3.43. The Morgan fingerprint density at radius 3 is 2.79 bits per heavy atom. The molecule has 0 radical (unpaired) electrons. The molecule has 2 N–H and O–H groups in total. The van der Waals surface area contributed by atoms with Crippen LogP contribution in [0.25, 0.3) is 11.0 Å². The van der Waals surface area contributed by atoms with E-state index in [1.54, 1.807) is 23.5 Å². The zero-order valence-electron chi connectivity index (χ0n) is 15.1. The van der Waals surface area contributed by atoms with Gasteiger partial charge in [0, 0.05) is 24.6 Å². The van der Waals surface area contributed by atoms with Crippen LogP contribution >= 0.6 is 0 Å². The van der Waals surface area contributed by atoms with Crippen LogP contribution in [0.2, 0.25) is 0 Å². The van der Waals surface area contributed by atoms with Crippen molar-refractivity contribution in [2.24, 2.45) is 0 Å². The number of H-pyrrole nitrogens is 1. The van der Waals surface area contributed by atoms with Gasteiger partial charge in [-0.1, -0.05) is 0 Å². The normalized spacial score (nSPS) is 15.9. The standard InChI is InChI=1S/C20H18N6O2/c1-2-25-17-4-3-10-22-18(17)26(20(25)27)13-5-7-14(8-6-13)28-19-23-15-9-11-21-12-16(15)24-19/h3-12,20,27H,2H2,1H3,(H,23,24). The third-order valence-electron chi connectivity index (χ3n) is 4.75. The van der Waals surface area contributed by atoms with Crippen LogP contribution in [0.4, 0.5) is 17.2 Å². The molecular weight excluding hydrogens is 356 g/mol. The number of ether oxygens (including phenoxy) is 1. The average molecular weight is 374 g/mol. The lowest BCUT2D eigenvalue weighted by Crippen LogP contribution is -2.40. The maximum Gasteiger partial charge on any atom is 0.300 e. The minimum Gasteiger partial charge on any atom is -0.426 e. The van der Waals surface area contributed by atoms with Crippen molar-refractivity contribution in [1.29, 1.82) is 0 Å². The number of hydrogen-bond donors (Lipinski definition) is 2. The van der Waals surface area contributed by atoms with E-state index in [2.05, 4.69) is 19.9 Å². The van der Waals surface area contributed by atoms with E-state index < -0.39 is 6.35 Å². The van der Waals surface area contributed by atoms with E-state index in [0.29, 0.717) is 18.3 Å². The van der Waals surface area contributed by atoms with Crippen LogP contribution in [0, 0.1) is 0 Å². The molecule has 0 fully saturated rings. The van der Waals surface area contributed by atoms with E-state index in [4.69, 9.17) is 4.74 Å². The minimum atomic E-state index is -0.801. The average Bonchev–Trinajstić information content (AvgIpc) is 3.25. The highest BCUT2D eigenvalue weighted by Crippen LogP contribution is 2.41. The Labute approximate surface area is 161 Å². The summed E-state index contributed by atoms with van der Waals surface area (Å²) in [5.41, 5.74) is 3.35. The van der Waals surface area contributed by atoms with E-state index in [0.717, 1.165) is 28.2 Å². The monoisotopic (exact) mass is 374 g/mol. The van der Waals surface area contributed by atoms with E-state index in [1.165, 1.54) is 0 Å². The summed E-state index contributed by atoms with van der Waals surface area (Å²) in [6.45, 7) is 2.68. The van der Waals surface area contributed by atoms with Gasteiger partial charge in [0.25, 0.3) is 6.01 Å². The number of aromatic amines is 1. The number of nitrogens with zero attached hydrogens (tertiary/aromatic N) is 5. The number of hydrogen-bond acceptors (Lipinski definition) is 7. The molecule has 0 saturated carbocycles. The lowest BCUT2D eigenvalue weighted by Gasteiger charge is -2.27. The van der Waals surface area contributed by atoms with Crippen LogP contribution in [0.15, 0.2) is 61.1 Å². The molecule has 0 saturated heterocycles. The summed E-state index contributed by atoms with van der Waals surface area (Å²) in [5.74, 6) is 1.37. The second-order valence-corrected chi connectivity index (χ2v) is 6.38. The summed E-state index contributed by atoms with van der Waals surface area (Å²) in [6, 6.07) is 13.5. The van der Waals surface area contributed by atoms with Crippen molar-refractivity contribution in [3.63, 3.8) is 0 Å². The van der Waals surface area contributed by atoms with Gasteiger partial charge in [-0.2, -0.15) is 4.98 Å². The fraction of sp³-hybridized carbons (Fsp3) is 0.150. The molecule has 1 aliphatic heterocycles. The van der Waals surface area contributed by atoms with Gasteiger partial charge < -0.3 is 19.7 Å². The number of fused-ring (bicyclic) bond motifs is 2. The molecule has 140 valence electrons. The molecule has 28 heavy (non-hydrogen) atoms. The van der Waals surface area contributed by atoms with Gasteiger partial charge in [-0.3, -0.25) is 9.88 Å². The third-order valence-corrected chi connectivity index (χ3v) is 4.75. The number of aliphatic hydroxyl groups is 1. The van der Waals surface area contributed by atoms with Crippen molar-refractivity contribution in [2.75, 3.05) is 16.3 Å². The first kappa shape index (κ1) is 16.5. The van der Waals surface area contributed by atoms with Crippen LogP contribution in [0.1, 0.15) is 6.92 Å². The number of aliphatic hydroxyl groups excluding tert-OH is 1. The molecule has 1 aliphatic rings. The molecule has 3 aromatic heterocycles. The summed E-state index contributed by atoms with van der Waals surface area (Å²) in [4.78, 5) is 19.7. The van der Waals surface area contributed by atoms with Crippen molar-refractivity contribution in [3.05, 3.63) is 61.1 Å². The largest absolute Gasteiger partial charge is 0.426 e. The predicted octanol–water partition coefficient (Wildman–Crippen LogP) is 3.40. The molecule has 0 bridgehead atoms. The highest BCUT2D eigenvalue weighted by Gasteiger charge is 2.35. The number of nitrogens with one attached hydrogen (secondary N) is 1. The van der Waals surface area contributed by atoms with Crippen molar-refractivity contribution < 1.29 is 9.84 Å². The van der Waals surface area contributed by atoms with E-state index in [1.807, 2.05) is 54.3 Å². The number of benzene rings is 1. The van der Waals surface area contributed by atoms with Gasteiger partial charge in [0.15, 0.2) is 5.82 Å². The smallest absolute Gasteiger partial charge is 0.300 e. The summed E-state index contributed by atoms with van der Waals surface area (Å²) in [7, 11) is 0. The minimum absolute atomic E-state index is 0.404. The van der Waals surface area contributed by atoms with Gasteiger partial charge in [0.2, 0.25) is 6.35 Å². The molecule has 8 nitrogen and oxygen atoms in total. The molecule has 1 atom stereocenters. The Balaban J connectivity index is 1.42. The van der Waals surface area contributed by atoms with E-state index >= 15 is 0 Å². The van der Waals surface area contributed by atoms with Crippen molar-refractivity contribution >= 4 is 28.2 Å². The number of rotatable bonds is 4. The fourth-order valence-corrected chi connectivity index (χ4v) is 3.43. The van der Waals surface area contributed by atoms with Gasteiger partial charge >= 0.3 is 0 Å². The van der Waals surface area contributed by atoms with Crippen molar-refractivity contribution in [3.8, 4) is 11.8 Å². The Kier molecular flexibility index (Phi) is 3.84. The molecule has 0 spiro atoms. The molecule has 1 unspecified atom stereocenters. The summed E-state index contributed by atoms with van der Waals surface area (Å²) in [5, 5.41) is 10.8. The molecule has 8 heteroatoms. The van der Waals surface area contributed by atoms with Gasteiger partial charge in [0.1, 0.15) is 5.75 Å². The quantitative estimate of drug-likeness (QED) is 0.566. The van der Waals surface area contributed by atoms with E-state index in [-0.39, 0.29) is 0 Å². The van der Waals surface area contributed by atoms with E-state index in [9.17, 15) is 5.11 Å². The number of pyridine rings is 2. The Bertz CT molecular complexity index is 1090. The van der Waals surface area contributed by atoms with Crippen LogP contribution in [-0.2, 0) is 0 Å². The summed E-state index contributed by atoms with van der Waals surface area (Å²) < 4.78 is 5.82. The van der Waals surface area contributed by atoms with Crippen molar-refractivity contribution in [1.82, 2.24) is 19.9 Å². The molecule has 0 amide bonds. The zero-order valence-corrected chi connectivity index (χ0v) is 15.1. The Hall–Kier alpha value is -3.65. The SMILES string of the molecule is CCN1c2cccnc2N(c2ccc(Oc3nc4ccncc4[nH]3)cc2)C1O. The zero-order chi connectivity index (χ0) is 19.1. The molecule has 4 aromatic rings. The lowest BCUT2D eigenvalue weighted by molar-refractivity contribution is 0.184. The summed E-state index contributed by atoms with van der Waals surface area (Å²) >= 11 is 0. The first-order valence-corrected chi connectivity index (χ1v) is 9.01. The first-order chi connectivity index (χ1) is 13.7. The molecule has 0 aliphatic carbocycles. The molecule has 1 aromatic carbocycles. The Morgan fingerprint density at radius 2 is 2.00 bits per heavy atom. The summed E-state index contributed by atoms with van der Waals surface area (Å²) in [6.07, 6.45) is 4.32. The molecule has 4 heterocycles. The number of aromatic nitrogens is 4. The third kappa shape index (κ3) is 2.62. The van der Waals surface area contributed by atoms with Crippen LogP contribution in [0.3, 0.4) is 0 Å². The highest BCUT2D eigenvalue weighted by atomic mass is 16.5. The number of anilines is 3. The van der Waals surface area contributed by atoms with Gasteiger partial charge in [-0.05, 0) is 49.4 Å². The second kappa shape index (κ2) is 6.50. The van der Waals surface area contributed by atoms with Crippen molar-refractivity contribution in [2.45, 2.75) is 13.3 Å². The number of imidazole rings is 1. The lowest BCUT2D eigenvalue weighted by atomic mass is 10.2. The maximum absolute atomic E-state index is 10.8. The van der Waals surface area contributed by atoms with Crippen LogP contribution < -0.4 is 14.5 Å². The second-order valence-electron chi connectivity index (χ2n) is 6.38. The first-order valence-electron chi connectivity index (χ1n) is 9.01. The van der Waals surface area contributed by atoms with Crippen LogP contribution in [0.5, 0.6) is 11.8 Å². The maximum atomic E-state index is 10.8. The predicted molar refractivity (Wildman–Crippen MR) is 106 cm³/mol. The van der Waals surface area contributed by atoms with Gasteiger partial charge in [-0.25, -0.2) is 4.98 Å². The molecular formula is C20H18N6O2. The highest BCUT2D eigenvalue weighted by molar-refractivity contribution is 5.80. The van der Waals surface area contributed by atoms with Gasteiger partial charge in [0.05, 0.1) is 22.9 Å². The topological polar surface area (TPSA) is 90.4 Å². The Morgan fingerprint density at radius 1 is 1.14 bits per heavy atom. The van der Waals surface area contributed by atoms with Crippen LogP contribution in [-0.4, -0.2) is 37.9 Å². The molecule has 5 rings (SSSR count). The van der Waals surface area contributed by atoms with Gasteiger partial charge in [-0.15, -0.1) is 0 Å².